The molecule has 1 nitrogen and oxygen atoms in total. The lowest BCUT2D eigenvalue weighted by Crippen LogP contribution is -1.99. The number of aryl methyl sites for hydroxylation is 1. The van der Waals surface area contributed by atoms with Crippen LogP contribution in [-0.2, 0) is 11.2 Å². The van der Waals surface area contributed by atoms with Crippen LogP contribution < -0.4 is 0 Å². The van der Waals surface area contributed by atoms with E-state index >= 15 is 0 Å². The van der Waals surface area contributed by atoms with Crippen molar-refractivity contribution in [3.63, 3.8) is 0 Å². The largest absolute Gasteiger partial charge is 0.298 e. The minimum Gasteiger partial charge on any atom is -0.298 e. The maximum absolute atomic E-state index is 11.4. The van der Waals surface area contributed by atoms with Gasteiger partial charge in [0.25, 0.3) is 0 Å². The smallest absolute Gasteiger partial charge is 0.146 e. The normalized spacial score (nSPS) is 11.9. The predicted octanol–water partition coefficient (Wildman–Crippen LogP) is 5.05. The lowest BCUT2D eigenvalue weighted by Gasteiger charge is -2.15. The molecular formula is C20H22O. The van der Waals surface area contributed by atoms with Crippen LogP contribution in [0.3, 0.4) is 0 Å². The first-order chi connectivity index (χ1) is 10.3. The van der Waals surface area contributed by atoms with Gasteiger partial charge in [-0.3, -0.25) is 4.79 Å². The molecule has 0 bridgehead atoms. The fourth-order valence-corrected chi connectivity index (χ4v) is 2.61. The molecule has 0 aliphatic carbocycles. The van der Waals surface area contributed by atoms with E-state index in [1.807, 2.05) is 31.2 Å². The summed E-state index contributed by atoms with van der Waals surface area (Å²) in [6.45, 7) is 4.10. The third-order valence-corrected chi connectivity index (χ3v) is 3.72. The van der Waals surface area contributed by atoms with Gasteiger partial charge in [-0.15, -0.1) is 0 Å². The summed E-state index contributed by atoms with van der Waals surface area (Å²) in [5.41, 5.74) is 5.44. The average molecular weight is 278 g/mol. The zero-order chi connectivity index (χ0) is 15.1. The van der Waals surface area contributed by atoms with Crippen LogP contribution in [0.4, 0.5) is 0 Å². The maximum atomic E-state index is 11.4. The summed E-state index contributed by atoms with van der Waals surface area (Å²) in [4.78, 5) is 11.4. The summed E-state index contributed by atoms with van der Waals surface area (Å²) >= 11 is 0. The zero-order valence-electron chi connectivity index (χ0n) is 12.8. The van der Waals surface area contributed by atoms with Crippen LogP contribution in [0.5, 0.6) is 0 Å². The van der Waals surface area contributed by atoms with E-state index in [9.17, 15) is 4.79 Å². The van der Waals surface area contributed by atoms with Gasteiger partial charge in [0.15, 0.2) is 0 Å². The lowest BCUT2D eigenvalue weighted by atomic mass is 9.89. The third-order valence-electron chi connectivity index (χ3n) is 3.72. The molecule has 2 rings (SSSR count). The van der Waals surface area contributed by atoms with Gasteiger partial charge < -0.3 is 0 Å². The van der Waals surface area contributed by atoms with Crippen molar-refractivity contribution in [3.05, 3.63) is 76.9 Å². The van der Waals surface area contributed by atoms with Crippen molar-refractivity contribution in [1.82, 2.24) is 0 Å². The van der Waals surface area contributed by atoms with Gasteiger partial charge in [0.05, 0.1) is 0 Å². The fraction of sp³-hybridized carbons (Fsp3) is 0.250. The standard InChI is InChI=1S/C20H22O/c1-3-4-10-17-11-8-9-14-19(17)20(16(2)15-21)18-12-6-5-7-13-18/h5-9,11-15H,3-4,10H2,1-2H3. The number of hydrogen-bond acceptors (Lipinski definition) is 1. The molecular weight excluding hydrogens is 256 g/mol. The number of carbonyl (C=O) groups excluding carboxylic acids is 1. The first-order valence-electron chi connectivity index (χ1n) is 7.57. The van der Waals surface area contributed by atoms with E-state index in [0.717, 1.165) is 29.4 Å². The van der Waals surface area contributed by atoms with Gasteiger partial charge in [0, 0.05) is 0 Å². The quantitative estimate of drug-likeness (QED) is 0.534. The summed E-state index contributed by atoms with van der Waals surface area (Å²) in [5, 5.41) is 0. The topological polar surface area (TPSA) is 17.1 Å². The second kappa shape index (κ2) is 7.58. The first kappa shape index (κ1) is 15.2. The minimum absolute atomic E-state index is 0.783. The maximum Gasteiger partial charge on any atom is 0.146 e. The van der Waals surface area contributed by atoms with Crippen molar-refractivity contribution in [3.8, 4) is 0 Å². The second-order valence-electron chi connectivity index (χ2n) is 5.30. The highest BCUT2D eigenvalue weighted by molar-refractivity contribution is 5.95. The molecule has 0 unspecified atom stereocenters. The predicted molar refractivity (Wildman–Crippen MR) is 89.3 cm³/mol. The molecule has 1 heteroatoms. The van der Waals surface area contributed by atoms with Crippen LogP contribution in [0, 0.1) is 0 Å². The van der Waals surface area contributed by atoms with E-state index < -0.39 is 0 Å². The van der Waals surface area contributed by atoms with Gasteiger partial charge in [-0.25, -0.2) is 0 Å². The molecule has 0 saturated carbocycles. The highest BCUT2D eigenvalue weighted by Crippen LogP contribution is 2.29. The van der Waals surface area contributed by atoms with Gasteiger partial charge >= 0.3 is 0 Å². The summed E-state index contributed by atoms with van der Waals surface area (Å²) in [7, 11) is 0. The van der Waals surface area contributed by atoms with Crippen molar-refractivity contribution in [2.24, 2.45) is 0 Å². The molecule has 2 aromatic carbocycles. The molecule has 0 saturated heterocycles. The summed E-state index contributed by atoms with van der Waals surface area (Å²) in [6.07, 6.45) is 4.35. The molecule has 0 fully saturated rings. The van der Waals surface area contributed by atoms with Crippen molar-refractivity contribution in [2.75, 3.05) is 0 Å². The van der Waals surface area contributed by atoms with Crippen LogP contribution in [0.1, 0.15) is 43.4 Å². The van der Waals surface area contributed by atoms with E-state index in [1.165, 1.54) is 24.0 Å². The summed E-state index contributed by atoms with van der Waals surface area (Å²) in [5.74, 6) is 0. The minimum atomic E-state index is 0.783. The average Bonchev–Trinajstić information content (AvgIpc) is 2.55. The molecule has 21 heavy (non-hydrogen) atoms. The molecule has 2 aromatic rings. The molecule has 108 valence electrons. The molecule has 0 aliphatic rings. The molecule has 0 heterocycles. The Labute approximate surface area is 127 Å². The molecule has 0 spiro atoms. The number of carbonyl (C=O) groups is 1. The van der Waals surface area contributed by atoms with E-state index in [4.69, 9.17) is 0 Å². The molecule has 0 radical (unpaired) electrons. The van der Waals surface area contributed by atoms with Gasteiger partial charge in [-0.2, -0.15) is 0 Å². The summed E-state index contributed by atoms with van der Waals surface area (Å²) in [6, 6.07) is 18.6. The first-order valence-corrected chi connectivity index (χ1v) is 7.57. The van der Waals surface area contributed by atoms with Gasteiger partial charge in [0.2, 0.25) is 0 Å². The number of allylic oxidation sites excluding steroid dienone is 1. The Morgan fingerprint density at radius 3 is 2.33 bits per heavy atom. The van der Waals surface area contributed by atoms with E-state index in [-0.39, 0.29) is 0 Å². The van der Waals surface area contributed by atoms with Crippen molar-refractivity contribution in [2.45, 2.75) is 33.1 Å². The third kappa shape index (κ3) is 3.69. The van der Waals surface area contributed by atoms with Gasteiger partial charge in [-0.05, 0) is 47.6 Å². The van der Waals surface area contributed by atoms with Gasteiger partial charge in [0.1, 0.15) is 6.29 Å². The Bertz CT molecular complexity index is 623. The molecule has 0 aliphatic heterocycles. The number of rotatable bonds is 6. The molecule has 0 N–H and O–H groups in total. The van der Waals surface area contributed by atoms with Crippen LogP contribution >= 0.6 is 0 Å². The summed E-state index contributed by atoms with van der Waals surface area (Å²) < 4.78 is 0. The second-order valence-corrected chi connectivity index (χ2v) is 5.30. The van der Waals surface area contributed by atoms with E-state index in [0.29, 0.717) is 0 Å². The van der Waals surface area contributed by atoms with E-state index in [2.05, 4.69) is 37.3 Å². The lowest BCUT2D eigenvalue weighted by molar-refractivity contribution is -0.104. The van der Waals surface area contributed by atoms with Crippen molar-refractivity contribution < 1.29 is 4.79 Å². The molecule has 0 atom stereocenters. The number of benzene rings is 2. The van der Waals surface area contributed by atoms with E-state index in [1.54, 1.807) is 0 Å². The Hall–Kier alpha value is -2.15. The van der Waals surface area contributed by atoms with Gasteiger partial charge in [-0.1, -0.05) is 67.9 Å². The monoisotopic (exact) mass is 278 g/mol. The van der Waals surface area contributed by atoms with Crippen LogP contribution in [-0.4, -0.2) is 6.29 Å². The van der Waals surface area contributed by atoms with Crippen LogP contribution in [0.25, 0.3) is 5.57 Å². The Kier molecular flexibility index (Phi) is 5.51. The highest BCUT2D eigenvalue weighted by atomic mass is 16.1. The Balaban J connectivity index is 2.56. The van der Waals surface area contributed by atoms with Crippen LogP contribution in [0.2, 0.25) is 0 Å². The Morgan fingerprint density at radius 2 is 1.67 bits per heavy atom. The number of hydrogen-bond donors (Lipinski definition) is 0. The molecule has 0 amide bonds. The fourth-order valence-electron chi connectivity index (χ4n) is 2.61. The SMILES string of the molecule is CCCCc1ccccc1C(=C(C)C=O)c1ccccc1. The number of unbranched alkanes of at least 4 members (excludes halogenated alkanes) is 1. The zero-order valence-corrected chi connectivity index (χ0v) is 12.8. The molecule has 0 aromatic heterocycles. The van der Waals surface area contributed by atoms with Crippen molar-refractivity contribution >= 4 is 11.9 Å². The number of aldehydes is 1. The van der Waals surface area contributed by atoms with Crippen molar-refractivity contribution in [1.29, 1.82) is 0 Å². The highest BCUT2D eigenvalue weighted by Gasteiger charge is 2.12. The Morgan fingerprint density at radius 1 is 1.00 bits per heavy atom. The van der Waals surface area contributed by atoms with Crippen LogP contribution in [0.15, 0.2) is 60.2 Å².